The molecule has 7 heteroatoms. The SMILES string of the molecule is c1ccc(CN2CCOC3CN(c4cc(-c5ccccc5)nc5ncnn45)CC32)cc1. The fraction of sp³-hybridized carbons (Fsp3) is 0.292. The second-order valence-electron chi connectivity index (χ2n) is 8.18. The maximum absolute atomic E-state index is 6.19. The normalized spacial score (nSPS) is 21.5. The molecule has 2 aromatic carbocycles. The molecule has 2 aliphatic rings. The Morgan fingerprint density at radius 1 is 0.968 bits per heavy atom. The molecule has 0 N–H and O–H groups in total. The van der Waals surface area contributed by atoms with Crippen LogP contribution in [0.1, 0.15) is 5.56 Å². The van der Waals surface area contributed by atoms with Gasteiger partial charge in [-0.3, -0.25) is 4.90 Å². The summed E-state index contributed by atoms with van der Waals surface area (Å²) in [5.41, 5.74) is 3.33. The Bertz CT molecular complexity index is 1180. The number of aromatic nitrogens is 4. The van der Waals surface area contributed by atoms with Crippen molar-refractivity contribution in [1.82, 2.24) is 24.5 Å². The summed E-state index contributed by atoms with van der Waals surface area (Å²) in [6, 6.07) is 23.4. The maximum atomic E-state index is 6.19. The quantitative estimate of drug-likeness (QED) is 0.514. The lowest BCUT2D eigenvalue weighted by Gasteiger charge is -2.36. The molecule has 2 aliphatic heterocycles. The molecule has 6 rings (SSSR count). The van der Waals surface area contributed by atoms with Crippen molar-refractivity contribution in [1.29, 1.82) is 0 Å². The van der Waals surface area contributed by atoms with E-state index in [1.807, 2.05) is 22.7 Å². The molecule has 0 saturated carbocycles. The Kier molecular flexibility index (Phi) is 4.62. The predicted octanol–water partition coefficient (Wildman–Crippen LogP) is 2.88. The van der Waals surface area contributed by atoms with Gasteiger partial charge >= 0.3 is 0 Å². The highest BCUT2D eigenvalue weighted by atomic mass is 16.5. The van der Waals surface area contributed by atoms with E-state index in [4.69, 9.17) is 9.72 Å². The third-order valence-electron chi connectivity index (χ3n) is 6.27. The number of hydrogen-bond donors (Lipinski definition) is 0. The number of anilines is 1. The van der Waals surface area contributed by atoms with Crippen molar-refractivity contribution >= 4 is 11.6 Å². The van der Waals surface area contributed by atoms with Crippen LogP contribution < -0.4 is 4.90 Å². The molecular weight excluding hydrogens is 388 g/mol. The fourth-order valence-electron chi connectivity index (χ4n) is 4.74. The molecule has 2 fully saturated rings. The molecule has 0 aliphatic carbocycles. The summed E-state index contributed by atoms with van der Waals surface area (Å²) in [5, 5.41) is 4.45. The summed E-state index contributed by atoms with van der Waals surface area (Å²) in [5.74, 6) is 1.63. The zero-order valence-corrected chi connectivity index (χ0v) is 17.2. The minimum Gasteiger partial charge on any atom is -0.373 e. The number of ether oxygens (including phenoxy) is 1. The highest BCUT2D eigenvalue weighted by Crippen LogP contribution is 2.30. The van der Waals surface area contributed by atoms with Crippen molar-refractivity contribution in [3.05, 3.63) is 78.6 Å². The molecule has 2 unspecified atom stereocenters. The topological polar surface area (TPSA) is 58.8 Å². The second kappa shape index (κ2) is 7.76. The van der Waals surface area contributed by atoms with Crippen molar-refractivity contribution < 1.29 is 4.74 Å². The van der Waals surface area contributed by atoms with E-state index in [0.717, 1.165) is 49.9 Å². The smallest absolute Gasteiger partial charge is 0.254 e. The van der Waals surface area contributed by atoms with E-state index >= 15 is 0 Å². The number of rotatable bonds is 4. The van der Waals surface area contributed by atoms with Gasteiger partial charge in [-0.25, -0.2) is 4.98 Å². The van der Waals surface area contributed by atoms with Gasteiger partial charge in [0.15, 0.2) is 0 Å². The Hall–Kier alpha value is -3.29. The van der Waals surface area contributed by atoms with Gasteiger partial charge in [-0.1, -0.05) is 60.7 Å². The van der Waals surface area contributed by atoms with Crippen LogP contribution in [0.2, 0.25) is 0 Å². The number of fused-ring (bicyclic) bond motifs is 2. The van der Waals surface area contributed by atoms with E-state index in [2.05, 4.69) is 68.4 Å². The molecular formula is C24H24N6O. The minimum atomic E-state index is 0.185. The average Bonchev–Trinajstić information content (AvgIpc) is 3.47. The van der Waals surface area contributed by atoms with E-state index in [-0.39, 0.29) is 6.10 Å². The lowest BCUT2D eigenvalue weighted by molar-refractivity contribution is -0.0499. The summed E-state index contributed by atoms with van der Waals surface area (Å²) < 4.78 is 8.02. The van der Waals surface area contributed by atoms with Gasteiger partial charge in [0.25, 0.3) is 5.78 Å². The standard InChI is InChI=1S/C24H24N6O/c1-3-7-18(8-4-1)14-28-11-12-31-22-16-29(15-21(22)28)23-13-20(19-9-5-2-6-10-19)27-24-25-17-26-30(23)24/h1-10,13,17,21-22H,11-12,14-16H2. The van der Waals surface area contributed by atoms with Crippen molar-refractivity contribution in [3.63, 3.8) is 0 Å². The lowest BCUT2D eigenvalue weighted by atomic mass is 10.1. The Labute approximate surface area is 180 Å². The molecule has 31 heavy (non-hydrogen) atoms. The molecule has 0 radical (unpaired) electrons. The first-order valence-electron chi connectivity index (χ1n) is 10.8. The van der Waals surface area contributed by atoms with Crippen LogP contribution in [-0.4, -0.2) is 62.9 Å². The van der Waals surface area contributed by atoms with Crippen molar-refractivity contribution in [2.75, 3.05) is 31.1 Å². The summed E-state index contributed by atoms with van der Waals surface area (Å²) in [6.07, 6.45) is 1.76. The van der Waals surface area contributed by atoms with Crippen LogP contribution in [0.15, 0.2) is 73.1 Å². The first-order chi connectivity index (χ1) is 15.3. The molecule has 4 aromatic rings. The third kappa shape index (κ3) is 3.45. The van der Waals surface area contributed by atoms with Crippen molar-refractivity contribution in [2.45, 2.75) is 18.7 Å². The number of hydrogen-bond acceptors (Lipinski definition) is 6. The third-order valence-corrected chi connectivity index (χ3v) is 6.27. The molecule has 0 spiro atoms. The van der Waals surface area contributed by atoms with Gasteiger partial charge in [0.1, 0.15) is 12.1 Å². The van der Waals surface area contributed by atoms with Crippen LogP contribution in [0.4, 0.5) is 5.82 Å². The molecule has 156 valence electrons. The first-order valence-corrected chi connectivity index (χ1v) is 10.8. The van der Waals surface area contributed by atoms with Crippen LogP contribution in [0, 0.1) is 0 Å². The second-order valence-corrected chi connectivity index (χ2v) is 8.18. The van der Waals surface area contributed by atoms with E-state index < -0.39 is 0 Å². The Balaban J connectivity index is 1.32. The van der Waals surface area contributed by atoms with E-state index in [9.17, 15) is 0 Å². The van der Waals surface area contributed by atoms with Crippen molar-refractivity contribution in [3.8, 4) is 11.3 Å². The zero-order chi connectivity index (χ0) is 20.6. The summed E-state index contributed by atoms with van der Waals surface area (Å²) in [7, 11) is 0. The van der Waals surface area contributed by atoms with E-state index in [1.165, 1.54) is 5.56 Å². The lowest BCUT2D eigenvalue weighted by Crippen LogP contribution is -2.50. The highest BCUT2D eigenvalue weighted by Gasteiger charge is 2.41. The number of morpholine rings is 1. The van der Waals surface area contributed by atoms with Gasteiger partial charge < -0.3 is 9.64 Å². The maximum Gasteiger partial charge on any atom is 0.254 e. The molecule has 7 nitrogen and oxygen atoms in total. The van der Waals surface area contributed by atoms with Crippen LogP contribution >= 0.6 is 0 Å². The van der Waals surface area contributed by atoms with Crippen LogP contribution in [-0.2, 0) is 11.3 Å². The van der Waals surface area contributed by atoms with E-state index in [0.29, 0.717) is 11.8 Å². The molecule has 2 saturated heterocycles. The van der Waals surface area contributed by atoms with Gasteiger partial charge in [-0.2, -0.15) is 14.6 Å². The molecule has 0 amide bonds. The molecule has 0 bridgehead atoms. The fourth-order valence-corrected chi connectivity index (χ4v) is 4.74. The average molecular weight is 412 g/mol. The number of benzene rings is 2. The summed E-state index contributed by atoms with van der Waals surface area (Å²) in [6.45, 7) is 4.40. The first kappa shape index (κ1) is 18.5. The largest absolute Gasteiger partial charge is 0.373 e. The summed E-state index contributed by atoms with van der Waals surface area (Å²) >= 11 is 0. The highest BCUT2D eigenvalue weighted by molar-refractivity contribution is 5.66. The van der Waals surface area contributed by atoms with E-state index in [1.54, 1.807) is 6.33 Å². The van der Waals surface area contributed by atoms with Crippen molar-refractivity contribution in [2.24, 2.45) is 0 Å². The van der Waals surface area contributed by atoms with Gasteiger partial charge in [-0.05, 0) is 5.56 Å². The van der Waals surface area contributed by atoms with Gasteiger partial charge in [0.05, 0.1) is 24.4 Å². The monoisotopic (exact) mass is 412 g/mol. The number of nitrogens with zero attached hydrogens (tertiary/aromatic N) is 6. The summed E-state index contributed by atoms with van der Waals surface area (Å²) in [4.78, 5) is 14.0. The van der Waals surface area contributed by atoms with Crippen LogP contribution in [0.3, 0.4) is 0 Å². The van der Waals surface area contributed by atoms with Gasteiger partial charge in [0, 0.05) is 37.8 Å². The Morgan fingerprint density at radius 2 is 1.77 bits per heavy atom. The molecule has 2 aromatic heterocycles. The zero-order valence-electron chi connectivity index (χ0n) is 17.2. The van der Waals surface area contributed by atoms with Crippen LogP contribution in [0.5, 0.6) is 0 Å². The Morgan fingerprint density at radius 3 is 2.61 bits per heavy atom. The van der Waals surface area contributed by atoms with Gasteiger partial charge in [-0.15, -0.1) is 0 Å². The molecule has 4 heterocycles. The predicted molar refractivity (Wildman–Crippen MR) is 119 cm³/mol. The van der Waals surface area contributed by atoms with Gasteiger partial charge in [0.2, 0.25) is 0 Å². The molecule has 2 atom stereocenters. The minimum absolute atomic E-state index is 0.185. The van der Waals surface area contributed by atoms with Crippen LogP contribution in [0.25, 0.3) is 17.0 Å².